The Morgan fingerprint density at radius 3 is 0.882 bits per heavy atom. The molecule has 2 bridgehead atoms. The highest BCUT2D eigenvalue weighted by Crippen LogP contribution is 2.43. The second kappa shape index (κ2) is 32.9. The molecule has 2 aliphatic carbocycles. The van der Waals surface area contributed by atoms with Gasteiger partial charge < -0.3 is 18.9 Å². The molecule has 0 radical (unpaired) electrons. The van der Waals surface area contributed by atoms with Gasteiger partial charge in [-0.25, -0.2) is 9.59 Å². The van der Waals surface area contributed by atoms with E-state index in [0.717, 1.165) is 32.1 Å². The monoisotopic (exact) mass is 719 g/mol. The number of carbonyl (C=O) groups is 2. The van der Waals surface area contributed by atoms with Crippen LogP contribution in [0.4, 0.5) is 9.59 Å². The van der Waals surface area contributed by atoms with Gasteiger partial charge in [0.2, 0.25) is 0 Å². The zero-order valence-electron chi connectivity index (χ0n) is 33.7. The van der Waals surface area contributed by atoms with E-state index in [0.29, 0.717) is 13.2 Å². The Labute approximate surface area is 315 Å². The number of fused-ring (bicyclic) bond motifs is 2. The summed E-state index contributed by atoms with van der Waals surface area (Å²) in [5.41, 5.74) is 0. The van der Waals surface area contributed by atoms with Crippen molar-refractivity contribution < 1.29 is 28.5 Å². The predicted octanol–water partition coefficient (Wildman–Crippen LogP) is 14.8. The molecule has 0 N–H and O–H groups in total. The van der Waals surface area contributed by atoms with Crippen molar-refractivity contribution in [2.24, 2.45) is 11.8 Å². The van der Waals surface area contributed by atoms with E-state index in [1.807, 2.05) is 0 Å². The maximum atomic E-state index is 12.5. The molecular weight excluding hydrogens is 636 g/mol. The molecule has 0 spiro atoms. The van der Waals surface area contributed by atoms with Crippen molar-refractivity contribution >= 4 is 12.3 Å². The van der Waals surface area contributed by atoms with E-state index >= 15 is 0 Å². The van der Waals surface area contributed by atoms with Crippen molar-refractivity contribution in [1.82, 2.24) is 0 Å². The predicted molar refractivity (Wildman–Crippen MR) is 212 cm³/mol. The largest absolute Gasteiger partial charge is 0.508 e. The lowest BCUT2D eigenvalue weighted by Gasteiger charge is -2.26. The Morgan fingerprint density at radius 1 is 0.392 bits per heavy atom. The Kier molecular flexibility index (Phi) is 29.3. The van der Waals surface area contributed by atoms with Crippen LogP contribution >= 0.6 is 0 Å². The summed E-state index contributed by atoms with van der Waals surface area (Å²) in [5, 5.41) is 0. The number of hydrogen-bond donors (Lipinski definition) is 0. The van der Waals surface area contributed by atoms with Gasteiger partial charge in [-0.05, 0) is 19.3 Å². The van der Waals surface area contributed by atoms with E-state index in [4.69, 9.17) is 18.9 Å². The van der Waals surface area contributed by atoms with Crippen LogP contribution in [0.3, 0.4) is 0 Å². The molecule has 0 aromatic rings. The fourth-order valence-corrected chi connectivity index (χ4v) is 7.94. The van der Waals surface area contributed by atoms with E-state index in [1.54, 1.807) is 0 Å². The van der Waals surface area contributed by atoms with Crippen molar-refractivity contribution in [2.45, 2.75) is 238 Å². The molecule has 0 heterocycles. The molecule has 1 saturated carbocycles. The van der Waals surface area contributed by atoms with Gasteiger partial charge >= 0.3 is 12.3 Å². The highest BCUT2D eigenvalue weighted by atomic mass is 16.8. The quantitative estimate of drug-likeness (QED) is 0.0365. The molecule has 4 atom stereocenters. The Hall–Kier alpha value is -1.72. The molecule has 6 heteroatoms. The van der Waals surface area contributed by atoms with Crippen molar-refractivity contribution in [3.63, 3.8) is 0 Å². The van der Waals surface area contributed by atoms with Crippen LogP contribution in [-0.2, 0) is 18.9 Å². The third-order valence-electron chi connectivity index (χ3n) is 11.2. The number of carbonyl (C=O) groups excluding carboxylic acids is 2. The molecule has 0 saturated heterocycles. The molecule has 298 valence electrons. The average Bonchev–Trinajstić information content (AvgIpc) is 3.73. The highest BCUT2D eigenvalue weighted by Gasteiger charge is 2.50. The first kappa shape index (κ1) is 45.4. The molecule has 0 aromatic carbocycles. The van der Waals surface area contributed by atoms with Gasteiger partial charge in [-0.3, -0.25) is 0 Å². The zero-order valence-corrected chi connectivity index (χ0v) is 33.7. The minimum atomic E-state index is -0.656. The number of ether oxygens (including phenoxy) is 4. The minimum Gasteiger partial charge on any atom is -0.434 e. The van der Waals surface area contributed by atoms with E-state index < -0.39 is 24.5 Å². The van der Waals surface area contributed by atoms with Crippen LogP contribution in [0.2, 0.25) is 0 Å². The fourth-order valence-electron chi connectivity index (χ4n) is 7.94. The topological polar surface area (TPSA) is 71.1 Å². The van der Waals surface area contributed by atoms with Crippen LogP contribution in [0.1, 0.15) is 226 Å². The molecule has 2 rings (SSSR count). The van der Waals surface area contributed by atoms with Crippen molar-refractivity contribution in [3.05, 3.63) is 12.2 Å². The molecule has 6 nitrogen and oxygen atoms in total. The highest BCUT2D eigenvalue weighted by molar-refractivity contribution is 5.62. The third kappa shape index (κ3) is 24.3. The smallest absolute Gasteiger partial charge is 0.434 e. The summed E-state index contributed by atoms with van der Waals surface area (Å²) in [6.07, 6.45) is 44.6. The Balaban J connectivity index is 1.38. The van der Waals surface area contributed by atoms with Crippen molar-refractivity contribution in [2.75, 3.05) is 13.2 Å². The van der Waals surface area contributed by atoms with Crippen LogP contribution in [-0.4, -0.2) is 37.7 Å². The van der Waals surface area contributed by atoms with Crippen molar-refractivity contribution in [1.29, 1.82) is 0 Å². The molecule has 0 aliphatic heterocycles. The summed E-state index contributed by atoms with van der Waals surface area (Å²) in [5.74, 6) is 0.132. The number of unbranched alkanes of at least 4 members (excludes halogenated alkanes) is 30. The van der Waals surface area contributed by atoms with Crippen LogP contribution in [0.5, 0.6) is 0 Å². The van der Waals surface area contributed by atoms with Gasteiger partial charge in [0.15, 0.2) is 0 Å². The van der Waals surface area contributed by atoms with E-state index in [2.05, 4.69) is 26.0 Å². The molecule has 0 aromatic heterocycles. The van der Waals surface area contributed by atoms with Gasteiger partial charge in [-0.15, -0.1) is 0 Å². The average molecular weight is 719 g/mol. The number of hydrogen-bond acceptors (Lipinski definition) is 6. The fraction of sp³-hybridized carbons (Fsp3) is 0.911. The number of rotatable bonds is 36. The summed E-state index contributed by atoms with van der Waals surface area (Å²) in [7, 11) is 0. The van der Waals surface area contributed by atoms with E-state index in [1.165, 1.54) is 180 Å². The van der Waals surface area contributed by atoms with Crippen LogP contribution in [0.25, 0.3) is 0 Å². The standard InChI is InChI=1S/C45H82O6/c1-3-5-7-9-11-13-15-17-19-21-23-25-27-29-31-33-37-48-44(46)50-42-40-35-36-41(39-40)43(42)51-45(47)49-38-34-32-30-28-26-24-22-20-18-16-14-12-10-8-6-4-2/h35-36,40-43H,3-34,37-39H2,1-2H3. The summed E-state index contributed by atoms with van der Waals surface area (Å²) in [4.78, 5) is 24.9. The van der Waals surface area contributed by atoms with Gasteiger partial charge in [-0.1, -0.05) is 219 Å². The first-order valence-corrected chi connectivity index (χ1v) is 22.5. The molecule has 4 unspecified atom stereocenters. The summed E-state index contributed by atoms with van der Waals surface area (Å²) in [6, 6.07) is 0. The van der Waals surface area contributed by atoms with Gasteiger partial charge in [-0.2, -0.15) is 0 Å². The molecule has 2 aliphatic rings. The van der Waals surface area contributed by atoms with E-state index in [9.17, 15) is 9.59 Å². The zero-order chi connectivity index (χ0) is 36.5. The molecule has 0 amide bonds. The Morgan fingerprint density at radius 2 is 0.627 bits per heavy atom. The van der Waals surface area contributed by atoms with Gasteiger partial charge in [0.05, 0.1) is 13.2 Å². The summed E-state index contributed by atoms with van der Waals surface area (Å²) >= 11 is 0. The normalized spacial score (nSPS) is 19.1. The van der Waals surface area contributed by atoms with Crippen LogP contribution < -0.4 is 0 Å². The third-order valence-corrected chi connectivity index (χ3v) is 11.2. The summed E-state index contributed by atoms with van der Waals surface area (Å²) < 4.78 is 22.1. The lowest BCUT2D eigenvalue weighted by molar-refractivity contribution is -0.0596. The maximum Gasteiger partial charge on any atom is 0.508 e. The molecule has 51 heavy (non-hydrogen) atoms. The SMILES string of the molecule is CCCCCCCCCCCCCCCCCCOC(=O)OC1C2C=CC(C2)C1OC(=O)OCCCCCCCCCCCCCCCCCC. The lowest BCUT2D eigenvalue weighted by Crippen LogP contribution is -2.38. The molecule has 1 fully saturated rings. The van der Waals surface area contributed by atoms with Gasteiger partial charge in [0, 0.05) is 11.8 Å². The maximum absolute atomic E-state index is 12.5. The van der Waals surface area contributed by atoms with Crippen LogP contribution in [0.15, 0.2) is 12.2 Å². The second-order valence-electron chi connectivity index (χ2n) is 15.9. The lowest BCUT2D eigenvalue weighted by atomic mass is 10.0. The molecular formula is C45H82O6. The summed E-state index contributed by atoms with van der Waals surface area (Å²) in [6.45, 7) is 5.31. The van der Waals surface area contributed by atoms with Gasteiger partial charge in [0.1, 0.15) is 12.2 Å². The van der Waals surface area contributed by atoms with Crippen molar-refractivity contribution in [3.8, 4) is 0 Å². The first-order chi connectivity index (χ1) is 25.2. The van der Waals surface area contributed by atoms with Gasteiger partial charge in [0.25, 0.3) is 0 Å². The van der Waals surface area contributed by atoms with E-state index in [-0.39, 0.29) is 11.8 Å². The second-order valence-corrected chi connectivity index (χ2v) is 15.9. The minimum absolute atomic E-state index is 0.0659. The van der Waals surface area contributed by atoms with Crippen LogP contribution in [0, 0.1) is 11.8 Å². The Bertz CT molecular complexity index is 777. The first-order valence-electron chi connectivity index (χ1n) is 22.5.